The Labute approximate surface area is 168 Å². The predicted octanol–water partition coefficient (Wildman–Crippen LogP) is 5.14. The van der Waals surface area contributed by atoms with Crippen molar-refractivity contribution in [3.63, 3.8) is 0 Å². The van der Waals surface area contributed by atoms with Gasteiger partial charge in [0.2, 0.25) is 0 Å². The van der Waals surface area contributed by atoms with Crippen molar-refractivity contribution >= 4 is 39.2 Å². The Morgan fingerprint density at radius 3 is 2.85 bits per heavy atom. The van der Waals surface area contributed by atoms with Gasteiger partial charge in [0.05, 0.1) is 22.3 Å². The van der Waals surface area contributed by atoms with E-state index in [2.05, 4.69) is 36.0 Å². The average Bonchev–Trinajstić information content (AvgIpc) is 3.03. The van der Waals surface area contributed by atoms with Crippen molar-refractivity contribution in [3.8, 4) is 12.3 Å². The molecule has 0 fully saturated rings. The molecule has 3 rings (SSSR count). The number of thioether (sulfide) groups is 1. The van der Waals surface area contributed by atoms with Crippen LogP contribution < -0.4 is 4.80 Å². The second-order valence-electron chi connectivity index (χ2n) is 6.20. The standard InChI is InChI=1S/C22H22N2OS2/c1-4-6-9-16-12-13-18-20(15-16)27-22(24(18)14-5-2)23-21(25)17-10-7-8-11-19(17)26-3/h2,7-8,10-13,15H,4,6,9,14H2,1,3H3. The van der Waals surface area contributed by atoms with Gasteiger partial charge in [0.1, 0.15) is 0 Å². The zero-order valence-electron chi connectivity index (χ0n) is 15.6. The third-order valence-electron chi connectivity index (χ3n) is 4.35. The Morgan fingerprint density at radius 2 is 2.11 bits per heavy atom. The van der Waals surface area contributed by atoms with Crippen LogP contribution in [0.2, 0.25) is 0 Å². The van der Waals surface area contributed by atoms with Gasteiger partial charge in [0, 0.05) is 4.90 Å². The van der Waals surface area contributed by atoms with E-state index in [1.807, 2.05) is 35.1 Å². The number of carbonyl (C=O) groups is 1. The first-order valence-electron chi connectivity index (χ1n) is 8.95. The number of fused-ring (bicyclic) bond motifs is 1. The number of hydrogen-bond donors (Lipinski definition) is 0. The topological polar surface area (TPSA) is 34.4 Å². The molecule has 0 saturated carbocycles. The molecule has 0 saturated heterocycles. The Morgan fingerprint density at radius 1 is 1.30 bits per heavy atom. The lowest BCUT2D eigenvalue weighted by molar-refractivity contribution is 0.0995. The van der Waals surface area contributed by atoms with E-state index in [4.69, 9.17) is 6.42 Å². The summed E-state index contributed by atoms with van der Waals surface area (Å²) in [5.41, 5.74) is 2.96. The van der Waals surface area contributed by atoms with Gasteiger partial charge < -0.3 is 4.57 Å². The summed E-state index contributed by atoms with van der Waals surface area (Å²) in [6.07, 6.45) is 10.9. The molecule has 0 bridgehead atoms. The normalized spacial score (nSPS) is 11.7. The van der Waals surface area contributed by atoms with E-state index in [0.29, 0.717) is 16.9 Å². The Bertz CT molecular complexity index is 1070. The third kappa shape index (κ3) is 4.35. The minimum Gasteiger partial charge on any atom is -0.305 e. The first kappa shape index (κ1) is 19.5. The number of rotatable bonds is 6. The highest BCUT2D eigenvalue weighted by molar-refractivity contribution is 7.98. The van der Waals surface area contributed by atoms with Crippen LogP contribution in [0.3, 0.4) is 0 Å². The SMILES string of the molecule is C#CCn1c(=NC(=O)c2ccccc2SC)sc2cc(CCCC)ccc21. The maximum Gasteiger partial charge on any atom is 0.280 e. The van der Waals surface area contributed by atoms with Crippen LogP contribution in [0.25, 0.3) is 10.2 Å². The quantitative estimate of drug-likeness (QED) is 0.428. The molecule has 0 aliphatic heterocycles. The Balaban J connectivity index is 2.09. The van der Waals surface area contributed by atoms with Gasteiger partial charge in [-0.15, -0.1) is 18.2 Å². The molecule has 2 aromatic carbocycles. The number of benzene rings is 2. The van der Waals surface area contributed by atoms with Gasteiger partial charge in [-0.3, -0.25) is 4.79 Å². The molecule has 0 aliphatic rings. The first-order valence-corrected chi connectivity index (χ1v) is 11.0. The summed E-state index contributed by atoms with van der Waals surface area (Å²) in [5.74, 6) is 2.45. The highest BCUT2D eigenvalue weighted by atomic mass is 32.2. The van der Waals surface area contributed by atoms with Crippen LogP contribution >= 0.6 is 23.1 Å². The molecule has 0 radical (unpaired) electrons. The lowest BCUT2D eigenvalue weighted by Crippen LogP contribution is -2.16. The fourth-order valence-electron chi connectivity index (χ4n) is 2.95. The zero-order valence-corrected chi connectivity index (χ0v) is 17.2. The second-order valence-corrected chi connectivity index (χ2v) is 8.05. The average molecular weight is 395 g/mol. The molecule has 3 aromatic rings. The number of aryl methyl sites for hydroxylation is 1. The Hall–Kier alpha value is -2.29. The van der Waals surface area contributed by atoms with Crippen LogP contribution in [-0.2, 0) is 13.0 Å². The minimum absolute atomic E-state index is 0.233. The van der Waals surface area contributed by atoms with Crippen LogP contribution in [0.15, 0.2) is 52.4 Å². The number of aromatic nitrogens is 1. The number of unbranched alkanes of at least 4 members (excludes halogenated alkanes) is 1. The molecule has 0 N–H and O–H groups in total. The van der Waals surface area contributed by atoms with Crippen molar-refractivity contribution in [3.05, 3.63) is 58.4 Å². The van der Waals surface area contributed by atoms with Crippen molar-refractivity contribution in [1.29, 1.82) is 0 Å². The minimum atomic E-state index is -0.233. The van der Waals surface area contributed by atoms with Crippen molar-refractivity contribution in [1.82, 2.24) is 4.57 Å². The number of terminal acetylenes is 1. The van der Waals surface area contributed by atoms with Crippen LogP contribution in [0.1, 0.15) is 35.7 Å². The van der Waals surface area contributed by atoms with Crippen molar-refractivity contribution in [2.45, 2.75) is 37.6 Å². The van der Waals surface area contributed by atoms with Crippen LogP contribution in [0, 0.1) is 12.3 Å². The van der Waals surface area contributed by atoms with Crippen molar-refractivity contribution in [2.75, 3.05) is 6.26 Å². The van der Waals surface area contributed by atoms with Gasteiger partial charge in [-0.2, -0.15) is 4.99 Å². The van der Waals surface area contributed by atoms with Crippen LogP contribution in [0.5, 0.6) is 0 Å². The van der Waals surface area contributed by atoms with Crippen LogP contribution in [0.4, 0.5) is 0 Å². The molecule has 0 unspecified atom stereocenters. The van der Waals surface area contributed by atoms with E-state index >= 15 is 0 Å². The molecule has 5 heteroatoms. The lowest BCUT2D eigenvalue weighted by atomic mass is 10.1. The molecule has 3 nitrogen and oxygen atoms in total. The molecule has 0 spiro atoms. The van der Waals surface area contributed by atoms with Crippen LogP contribution in [-0.4, -0.2) is 16.7 Å². The molecule has 0 atom stereocenters. The van der Waals surface area contributed by atoms with Gasteiger partial charge in [-0.05, 0) is 48.9 Å². The molecule has 1 aromatic heterocycles. The van der Waals surface area contributed by atoms with Gasteiger partial charge in [-0.25, -0.2) is 0 Å². The molecule has 27 heavy (non-hydrogen) atoms. The van der Waals surface area contributed by atoms with Crippen molar-refractivity contribution in [2.24, 2.45) is 4.99 Å². The van der Waals surface area contributed by atoms with Gasteiger partial charge in [0.15, 0.2) is 4.80 Å². The molecular weight excluding hydrogens is 372 g/mol. The van der Waals surface area contributed by atoms with E-state index in [1.165, 1.54) is 29.7 Å². The third-order valence-corrected chi connectivity index (χ3v) is 6.19. The number of hydrogen-bond acceptors (Lipinski definition) is 3. The van der Waals surface area contributed by atoms with E-state index in [0.717, 1.165) is 21.5 Å². The van der Waals surface area contributed by atoms with E-state index in [1.54, 1.807) is 11.8 Å². The smallest absolute Gasteiger partial charge is 0.280 e. The molecule has 1 heterocycles. The molecule has 138 valence electrons. The van der Waals surface area contributed by atoms with Crippen molar-refractivity contribution < 1.29 is 4.79 Å². The predicted molar refractivity (Wildman–Crippen MR) is 115 cm³/mol. The summed E-state index contributed by atoms with van der Waals surface area (Å²) >= 11 is 3.07. The summed E-state index contributed by atoms with van der Waals surface area (Å²) in [6, 6.07) is 14.0. The van der Waals surface area contributed by atoms with E-state index < -0.39 is 0 Å². The zero-order chi connectivity index (χ0) is 19.2. The molecule has 1 amide bonds. The summed E-state index contributed by atoms with van der Waals surface area (Å²) in [5, 5.41) is 0. The maximum atomic E-state index is 12.8. The number of thiazole rings is 1. The summed E-state index contributed by atoms with van der Waals surface area (Å²) in [6.45, 7) is 2.59. The number of nitrogens with zero attached hydrogens (tertiary/aromatic N) is 2. The first-order chi connectivity index (χ1) is 13.2. The van der Waals surface area contributed by atoms with Gasteiger partial charge in [-0.1, -0.05) is 48.8 Å². The largest absolute Gasteiger partial charge is 0.305 e. The Kier molecular flexibility index (Phi) is 6.54. The fraction of sp³-hybridized carbons (Fsp3) is 0.273. The van der Waals surface area contributed by atoms with E-state index in [9.17, 15) is 4.79 Å². The highest BCUT2D eigenvalue weighted by Crippen LogP contribution is 2.22. The number of amides is 1. The van der Waals surface area contributed by atoms with E-state index in [-0.39, 0.29) is 5.91 Å². The maximum absolute atomic E-state index is 12.8. The van der Waals surface area contributed by atoms with Gasteiger partial charge in [0.25, 0.3) is 5.91 Å². The lowest BCUT2D eigenvalue weighted by Gasteiger charge is -2.03. The summed E-state index contributed by atoms with van der Waals surface area (Å²) < 4.78 is 3.06. The monoisotopic (exact) mass is 394 g/mol. The second kappa shape index (κ2) is 9.07. The number of carbonyl (C=O) groups excluding carboxylic acids is 1. The van der Waals surface area contributed by atoms with Gasteiger partial charge >= 0.3 is 0 Å². The summed E-state index contributed by atoms with van der Waals surface area (Å²) in [4.78, 5) is 18.8. The molecule has 0 aliphatic carbocycles. The summed E-state index contributed by atoms with van der Waals surface area (Å²) in [7, 11) is 0. The fourth-order valence-corrected chi connectivity index (χ4v) is 4.63. The molecular formula is C22H22N2OS2. The highest BCUT2D eigenvalue weighted by Gasteiger charge is 2.12.